The van der Waals surface area contributed by atoms with Gasteiger partial charge in [-0.25, -0.2) is 4.39 Å². The number of hydrogen-bond donors (Lipinski definition) is 2. The molecule has 1 aliphatic heterocycles. The zero-order chi connectivity index (χ0) is 19.9. The Hall–Kier alpha value is -2.71. The Morgan fingerprint density at radius 2 is 2.03 bits per heavy atom. The molecule has 2 aromatic rings. The summed E-state index contributed by atoms with van der Waals surface area (Å²) in [4.78, 5) is 24.7. The molecule has 0 bridgehead atoms. The number of rotatable bonds is 7. The van der Waals surface area contributed by atoms with Crippen LogP contribution in [-0.4, -0.2) is 41.9 Å². The van der Waals surface area contributed by atoms with E-state index < -0.39 is 4.92 Å². The van der Waals surface area contributed by atoms with E-state index in [1.165, 1.54) is 24.3 Å². The summed E-state index contributed by atoms with van der Waals surface area (Å²) in [5.41, 5.74) is 1.62. The van der Waals surface area contributed by atoms with Crippen LogP contribution in [0, 0.1) is 15.9 Å². The molecule has 7 nitrogen and oxygen atoms in total. The van der Waals surface area contributed by atoms with Crippen molar-refractivity contribution in [3.63, 3.8) is 0 Å². The van der Waals surface area contributed by atoms with E-state index in [0.29, 0.717) is 32.5 Å². The maximum atomic E-state index is 13.6. The fourth-order valence-corrected chi connectivity index (χ4v) is 3.33. The summed E-state index contributed by atoms with van der Waals surface area (Å²) in [6.07, 6.45) is 1.02. The van der Waals surface area contributed by atoms with Crippen LogP contribution in [0.4, 0.5) is 15.8 Å². The second-order valence-corrected chi connectivity index (χ2v) is 6.70. The fraction of sp³-hybridized carbons (Fsp3) is 0.350. The first-order valence-electron chi connectivity index (χ1n) is 9.28. The summed E-state index contributed by atoms with van der Waals surface area (Å²) in [5, 5.41) is 17.1. The first-order chi connectivity index (χ1) is 13.5. The van der Waals surface area contributed by atoms with Gasteiger partial charge in [0.15, 0.2) is 0 Å². The zero-order valence-corrected chi connectivity index (χ0v) is 16.7. The Bertz CT molecular complexity index is 835. The Morgan fingerprint density at radius 3 is 2.72 bits per heavy atom. The van der Waals surface area contributed by atoms with E-state index in [1.807, 2.05) is 11.0 Å². The predicted octanol–water partition coefficient (Wildman–Crippen LogP) is 3.52. The van der Waals surface area contributed by atoms with Gasteiger partial charge in [0.25, 0.3) is 5.69 Å². The number of anilines is 1. The number of hydrogen-bond acceptors (Lipinski definition) is 5. The van der Waals surface area contributed by atoms with Gasteiger partial charge in [-0.3, -0.25) is 14.9 Å². The van der Waals surface area contributed by atoms with E-state index in [0.717, 1.165) is 17.8 Å². The number of benzene rings is 2. The van der Waals surface area contributed by atoms with Gasteiger partial charge < -0.3 is 15.5 Å². The molecule has 9 heteroatoms. The highest BCUT2D eigenvalue weighted by molar-refractivity contribution is 5.85. The summed E-state index contributed by atoms with van der Waals surface area (Å²) < 4.78 is 13.6. The summed E-state index contributed by atoms with van der Waals surface area (Å²) in [7, 11) is 0. The molecule has 1 heterocycles. The summed E-state index contributed by atoms with van der Waals surface area (Å²) in [6, 6.07) is 12.4. The van der Waals surface area contributed by atoms with Crippen LogP contribution in [0.2, 0.25) is 0 Å². The van der Waals surface area contributed by atoms with Gasteiger partial charge in [-0.1, -0.05) is 12.1 Å². The standard InChI is InChI=1S/C20H23FN4O3.ClH/c21-16-4-1-3-15(13-16)19-14-22-11-12-24(19)20(26)5-2-10-23-17-6-8-18(9-7-17)25(27)28;/h1,3-4,6-9,13,19,22-23H,2,5,10-12,14H2;1H. The summed E-state index contributed by atoms with van der Waals surface area (Å²) in [6.45, 7) is 2.50. The highest BCUT2D eigenvalue weighted by Gasteiger charge is 2.27. The average molecular weight is 423 g/mol. The fourth-order valence-electron chi connectivity index (χ4n) is 3.33. The van der Waals surface area contributed by atoms with Crippen LogP contribution in [0.25, 0.3) is 0 Å². The lowest BCUT2D eigenvalue weighted by atomic mass is 10.0. The molecule has 1 saturated heterocycles. The van der Waals surface area contributed by atoms with Crippen molar-refractivity contribution in [1.82, 2.24) is 10.2 Å². The summed E-state index contributed by atoms with van der Waals surface area (Å²) >= 11 is 0. The van der Waals surface area contributed by atoms with Gasteiger partial charge in [0.1, 0.15) is 5.82 Å². The highest BCUT2D eigenvalue weighted by Crippen LogP contribution is 2.24. The minimum absolute atomic E-state index is 0. The lowest BCUT2D eigenvalue weighted by molar-refractivity contribution is -0.384. The van der Waals surface area contributed by atoms with Crippen LogP contribution in [-0.2, 0) is 4.79 Å². The lowest BCUT2D eigenvalue weighted by Gasteiger charge is -2.36. The van der Waals surface area contributed by atoms with E-state index in [-0.39, 0.29) is 35.9 Å². The largest absolute Gasteiger partial charge is 0.385 e. The van der Waals surface area contributed by atoms with Gasteiger partial charge in [0, 0.05) is 50.4 Å². The van der Waals surface area contributed by atoms with Crippen LogP contribution < -0.4 is 10.6 Å². The van der Waals surface area contributed by atoms with Gasteiger partial charge in [-0.2, -0.15) is 0 Å². The van der Waals surface area contributed by atoms with Gasteiger partial charge in [0.05, 0.1) is 11.0 Å². The molecule has 1 amide bonds. The maximum absolute atomic E-state index is 13.6. The lowest BCUT2D eigenvalue weighted by Crippen LogP contribution is -2.48. The Labute approximate surface area is 174 Å². The molecule has 2 aromatic carbocycles. The van der Waals surface area contributed by atoms with E-state index in [9.17, 15) is 19.3 Å². The number of non-ortho nitro benzene ring substituents is 1. The van der Waals surface area contributed by atoms with Crippen molar-refractivity contribution in [3.05, 3.63) is 70.0 Å². The van der Waals surface area contributed by atoms with Crippen molar-refractivity contribution >= 4 is 29.7 Å². The molecule has 1 fully saturated rings. The molecule has 0 aliphatic carbocycles. The first kappa shape index (κ1) is 22.6. The van der Waals surface area contributed by atoms with Crippen LogP contribution in [0.15, 0.2) is 48.5 Å². The molecule has 0 saturated carbocycles. The van der Waals surface area contributed by atoms with Crippen LogP contribution in [0.3, 0.4) is 0 Å². The van der Waals surface area contributed by atoms with Crippen molar-refractivity contribution in [2.24, 2.45) is 0 Å². The van der Waals surface area contributed by atoms with Crippen molar-refractivity contribution in [2.75, 3.05) is 31.5 Å². The number of amides is 1. The Balaban J connectivity index is 0.00000300. The third kappa shape index (κ3) is 6.13. The maximum Gasteiger partial charge on any atom is 0.269 e. The molecule has 0 spiro atoms. The third-order valence-electron chi connectivity index (χ3n) is 4.77. The second kappa shape index (κ2) is 10.7. The quantitative estimate of drug-likeness (QED) is 0.405. The average Bonchev–Trinajstić information content (AvgIpc) is 2.71. The molecular weight excluding hydrogens is 399 g/mol. The number of nitro benzene ring substituents is 1. The van der Waals surface area contributed by atoms with Crippen LogP contribution in [0.5, 0.6) is 0 Å². The summed E-state index contributed by atoms with van der Waals surface area (Å²) in [5.74, 6) is -0.260. The molecule has 2 N–H and O–H groups in total. The van der Waals surface area contributed by atoms with E-state index in [4.69, 9.17) is 0 Å². The topological polar surface area (TPSA) is 87.5 Å². The minimum atomic E-state index is -0.440. The van der Waals surface area contributed by atoms with Gasteiger partial charge in [0.2, 0.25) is 5.91 Å². The first-order valence-corrected chi connectivity index (χ1v) is 9.28. The number of nitrogens with one attached hydrogen (secondary N) is 2. The number of nitrogens with zero attached hydrogens (tertiary/aromatic N) is 2. The highest BCUT2D eigenvalue weighted by atomic mass is 35.5. The predicted molar refractivity (Wildman–Crippen MR) is 112 cm³/mol. The Morgan fingerprint density at radius 1 is 1.28 bits per heavy atom. The number of halogens is 2. The van der Waals surface area contributed by atoms with Crippen LogP contribution >= 0.6 is 12.4 Å². The smallest absolute Gasteiger partial charge is 0.269 e. The molecule has 1 aliphatic rings. The zero-order valence-electron chi connectivity index (χ0n) is 15.8. The molecule has 3 rings (SSSR count). The molecule has 1 unspecified atom stereocenters. The third-order valence-corrected chi connectivity index (χ3v) is 4.77. The molecule has 1 atom stereocenters. The van der Waals surface area contributed by atoms with Gasteiger partial charge in [-0.05, 0) is 36.2 Å². The van der Waals surface area contributed by atoms with Gasteiger partial charge in [-0.15, -0.1) is 12.4 Å². The van der Waals surface area contributed by atoms with Crippen LogP contribution in [0.1, 0.15) is 24.4 Å². The van der Waals surface area contributed by atoms with E-state index >= 15 is 0 Å². The molecule has 0 radical (unpaired) electrons. The van der Waals surface area contributed by atoms with Crippen molar-refractivity contribution in [3.8, 4) is 0 Å². The Kier molecular flexibility index (Phi) is 8.35. The monoisotopic (exact) mass is 422 g/mol. The normalized spacial score (nSPS) is 16.0. The number of carbonyl (C=O) groups excluding carboxylic acids is 1. The molecular formula is C20H24ClFN4O3. The van der Waals surface area contributed by atoms with Crippen molar-refractivity contribution in [2.45, 2.75) is 18.9 Å². The molecule has 0 aromatic heterocycles. The number of nitro groups is 1. The molecule has 156 valence electrons. The van der Waals surface area contributed by atoms with E-state index in [1.54, 1.807) is 18.2 Å². The van der Waals surface area contributed by atoms with E-state index in [2.05, 4.69) is 10.6 Å². The van der Waals surface area contributed by atoms with Gasteiger partial charge >= 0.3 is 0 Å². The number of piperazine rings is 1. The van der Waals surface area contributed by atoms with Crippen molar-refractivity contribution in [1.29, 1.82) is 0 Å². The molecule has 29 heavy (non-hydrogen) atoms. The number of carbonyl (C=O) groups is 1. The second-order valence-electron chi connectivity index (χ2n) is 6.70. The SMILES string of the molecule is Cl.O=C(CCCNc1ccc([N+](=O)[O-])cc1)N1CCNCC1c1cccc(F)c1. The van der Waals surface area contributed by atoms with Crippen molar-refractivity contribution < 1.29 is 14.1 Å². The minimum Gasteiger partial charge on any atom is -0.385 e.